The van der Waals surface area contributed by atoms with Crippen LogP contribution in [0.3, 0.4) is 0 Å². The number of rotatable bonds is 5. The first-order valence-electron chi connectivity index (χ1n) is 6.60. The van der Waals surface area contributed by atoms with Crippen LogP contribution >= 0.6 is 11.6 Å². The Labute approximate surface area is 124 Å². The van der Waals surface area contributed by atoms with E-state index in [0.29, 0.717) is 12.5 Å². The molecule has 112 valence electrons. The Kier molecular flexibility index (Phi) is 5.20. The molecule has 1 aromatic heterocycles. The van der Waals surface area contributed by atoms with Crippen LogP contribution in [0.2, 0.25) is 5.02 Å². The summed E-state index contributed by atoms with van der Waals surface area (Å²) in [6, 6.07) is 1.31. The van der Waals surface area contributed by atoms with Crippen molar-refractivity contribution in [1.29, 1.82) is 0 Å². The second-order valence-electron chi connectivity index (χ2n) is 4.94. The number of hydrogen-bond donors (Lipinski definition) is 3. The molecule has 0 spiro atoms. The lowest BCUT2D eigenvalue weighted by molar-refractivity contribution is 0.358. The molecule has 0 amide bonds. The molecule has 8 heteroatoms. The van der Waals surface area contributed by atoms with E-state index < -0.39 is 10.0 Å². The number of piperidine rings is 1. The molecular formula is C12H19ClN4O2S. The predicted molar refractivity (Wildman–Crippen MR) is 79.1 cm³/mol. The number of nitrogen functional groups attached to an aromatic ring is 1. The Bertz CT molecular complexity index is 559. The van der Waals surface area contributed by atoms with Gasteiger partial charge in [0.05, 0.1) is 5.02 Å². The third-order valence-corrected chi connectivity index (χ3v) is 5.08. The summed E-state index contributed by atoms with van der Waals surface area (Å²) in [7, 11) is -3.66. The largest absolute Gasteiger partial charge is 0.383 e. The van der Waals surface area contributed by atoms with Gasteiger partial charge in [-0.05, 0) is 44.3 Å². The van der Waals surface area contributed by atoms with Crippen molar-refractivity contribution in [1.82, 2.24) is 15.0 Å². The van der Waals surface area contributed by atoms with Crippen molar-refractivity contribution >= 4 is 27.4 Å². The summed E-state index contributed by atoms with van der Waals surface area (Å²) < 4.78 is 26.8. The van der Waals surface area contributed by atoms with Gasteiger partial charge in [0.25, 0.3) is 0 Å². The maximum absolute atomic E-state index is 12.1. The maximum atomic E-state index is 12.1. The quantitative estimate of drug-likeness (QED) is 0.752. The second-order valence-corrected chi connectivity index (χ2v) is 7.11. The van der Waals surface area contributed by atoms with E-state index in [2.05, 4.69) is 15.0 Å². The van der Waals surface area contributed by atoms with E-state index >= 15 is 0 Å². The summed E-state index contributed by atoms with van der Waals surface area (Å²) in [6.45, 7) is 2.39. The zero-order chi connectivity index (χ0) is 14.6. The van der Waals surface area contributed by atoms with E-state index in [1.54, 1.807) is 0 Å². The van der Waals surface area contributed by atoms with Gasteiger partial charge in [-0.25, -0.2) is 18.1 Å². The predicted octanol–water partition coefficient (Wildman–Crippen LogP) is 0.985. The number of pyridine rings is 1. The van der Waals surface area contributed by atoms with Crippen molar-refractivity contribution in [3.63, 3.8) is 0 Å². The number of hydrogen-bond acceptors (Lipinski definition) is 5. The van der Waals surface area contributed by atoms with Crippen LogP contribution in [0, 0.1) is 5.92 Å². The van der Waals surface area contributed by atoms with Crippen LogP contribution in [0.1, 0.15) is 19.3 Å². The van der Waals surface area contributed by atoms with Crippen molar-refractivity contribution in [2.45, 2.75) is 24.2 Å². The minimum atomic E-state index is -3.66. The molecule has 0 aliphatic carbocycles. The minimum absolute atomic E-state index is 0.0405. The molecule has 2 rings (SSSR count). The molecule has 1 aromatic rings. The molecule has 2 heterocycles. The highest BCUT2D eigenvalue weighted by atomic mass is 35.5. The highest BCUT2D eigenvalue weighted by Crippen LogP contribution is 2.20. The normalized spacial score (nSPS) is 19.9. The number of aromatic nitrogens is 1. The molecule has 0 aromatic carbocycles. The van der Waals surface area contributed by atoms with Gasteiger partial charge in [0.15, 0.2) is 0 Å². The summed E-state index contributed by atoms with van der Waals surface area (Å²) in [4.78, 5) is 3.70. The number of halogens is 1. The third kappa shape index (κ3) is 4.05. The average Bonchev–Trinajstić information content (AvgIpc) is 2.42. The lowest BCUT2D eigenvalue weighted by Crippen LogP contribution is -2.33. The molecule has 6 nitrogen and oxygen atoms in total. The van der Waals surface area contributed by atoms with Crippen LogP contribution in [0.5, 0.6) is 0 Å². The van der Waals surface area contributed by atoms with Gasteiger partial charge in [-0.1, -0.05) is 11.6 Å². The lowest BCUT2D eigenvalue weighted by atomic mass is 9.96. The molecule has 0 saturated carbocycles. The number of nitrogens with zero attached hydrogens (tertiary/aromatic N) is 1. The highest BCUT2D eigenvalue weighted by Gasteiger charge is 2.20. The van der Waals surface area contributed by atoms with Gasteiger partial charge in [0.1, 0.15) is 10.7 Å². The van der Waals surface area contributed by atoms with E-state index in [9.17, 15) is 8.42 Å². The molecule has 20 heavy (non-hydrogen) atoms. The maximum Gasteiger partial charge on any atom is 0.244 e. The molecule has 0 bridgehead atoms. The zero-order valence-corrected chi connectivity index (χ0v) is 12.7. The van der Waals surface area contributed by atoms with E-state index in [1.807, 2.05) is 0 Å². The molecule has 1 unspecified atom stereocenters. The standard InChI is InChI=1S/C12H19ClN4O2S/c13-10-6-11(12(14)16-8-10)20(18,19)17-5-3-9-2-1-4-15-7-9/h6,8-9,15,17H,1-5,7H2,(H2,14,16). The fraction of sp³-hybridized carbons (Fsp3) is 0.583. The van der Waals surface area contributed by atoms with Crippen LogP contribution in [0.15, 0.2) is 17.2 Å². The van der Waals surface area contributed by atoms with Gasteiger partial charge < -0.3 is 11.1 Å². The van der Waals surface area contributed by atoms with Crippen molar-refractivity contribution in [2.75, 3.05) is 25.4 Å². The van der Waals surface area contributed by atoms with Gasteiger partial charge >= 0.3 is 0 Å². The van der Waals surface area contributed by atoms with Gasteiger partial charge in [0.2, 0.25) is 10.0 Å². The van der Waals surface area contributed by atoms with E-state index in [1.165, 1.54) is 12.3 Å². The van der Waals surface area contributed by atoms with E-state index in [4.69, 9.17) is 17.3 Å². The number of sulfonamides is 1. The highest BCUT2D eigenvalue weighted by molar-refractivity contribution is 7.89. The van der Waals surface area contributed by atoms with Crippen molar-refractivity contribution in [3.05, 3.63) is 17.3 Å². The van der Waals surface area contributed by atoms with Crippen molar-refractivity contribution < 1.29 is 8.42 Å². The van der Waals surface area contributed by atoms with Gasteiger partial charge in [0, 0.05) is 12.7 Å². The van der Waals surface area contributed by atoms with Gasteiger partial charge in [-0.3, -0.25) is 0 Å². The van der Waals surface area contributed by atoms with Crippen LogP contribution < -0.4 is 15.8 Å². The summed E-state index contributed by atoms with van der Waals surface area (Å²) in [5.74, 6) is 0.475. The minimum Gasteiger partial charge on any atom is -0.383 e. The Morgan fingerprint density at radius 1 is 1.55 bits per heavy atom. The summed E-state index contributed by atoms with van der Waals surface area (Å²) in [5.41, 5.74) is 5.59. The van der Waals surface area contributed by atoms with Crippen LogP contribution in [-0.4, -0.2) is 33.0 Å². The summed E-state index contributed by atoms with van der Waals surface area (Å²) in [6.07, 6.45) is 4.40. The van der Waals surface area contributed by atoms with E-state index in [-0.39, 0.29) is 15.7 Å². The number of anilines is 1. The first-order chi connectivity index (χ1) is 9.49. The summed E-state index contributed by atoms with van der Waals surface area (Å²) >= 11 is 5.76. The molecule has 1 aliphatic rings. The fourth-order valence-electron chi connectivity index (χ4n) is 2.29. The van der Waals surface area contributed by atoms with Gasteiger partial charge in [-0.2, -0.15) is 0 Å². The SMILES string of the molecule is Nc1ncc(Cl)cc1S(=O)(=O)NCCC1CCCNC1. The molecule has 1 aliphatic heterocycles. The molecule has 1 saturated heterocycles. The average molecular weight is 319 g/mol. The molecule has 0 radical (unpaired) electrons. The van der Waals surface area contributed by atoms with Crippen LogP contribution in [-0.2, 0) is 10.0 Å². The third-order valence-electron chi connectivity index (χ3n) is 3.38. The van der Waals surface area contributed by atoms with Crippen molar-refractivity contribution in [3.8, 4) is 0 Å². The Hall–Kier alpha value is -0.890. The fourth-order valence-corrected chi connectivity index (χ4v) is 3.67. The Morgan fingerprint density at radius 2 is 2.35 bits per heavy atom. The van der Waals surface area contributed by atoms with E-state index in [0.717, 1.165) is 32.4 Å². The van der Waals surface area contributed by atoms with Gasteiger partial charge in [-0.15, -0.1) is 0 Å². The smallest absolute Gasteiger partial charge is 0.244 e. The Morgan fingerprint density at radius 3 is 3.05 bits per heavy atom. The summed E-state index contributed by atoms with van der Waals surface area (Å²) in [5, 5.41) is 3.55. The lowest BCUT2D eigenvalue weighted by Gasteiger charge is -2.22. The first-order valence-corrected chi connectivity index (χ1v) is 8.46. The topological polar surface area (TPSA) is 97.1 Å². The molecule has 1 fully saturated rings. The second kappa shape index (κ2) is 6.71. The van der Waals surface area contributed by atoms with Crippen LogP contribution in [0.25, 0.3) is 0 Å². The monoisotopic (exact) mass is 318 g/mol. The zero-order valence-electron chi connectivity index (χ0n) is 11.1. The molecular weight excluding hydrogens is 300 g/mol. The van der Waals surface area contributed by atoms with Crippen LogP contribution in [0.4, 0.5) is 5.82 Å². The number of nitrogens with two attached hydrogens (primary N) is 1. The number of nitrogens with one attached hydrogen (secondary N) is 2. The molecule has 1 atom stereocenters. The first kappa shape index (κ1) is 15.5. The molecule has 4 N–H and O–H groups in total. The Balaban J connectivity index is 1.95. The van der Waals surface area contributed by atoms with Crippen molar-refractivity contribution in [2.24, 2.45) is 5.92 Å².